The third-order valence-electron chi connectivity index (χ3n) is 2.32. The molecule has 0 fully saturated rings. The van der Waals surface area contributed by atoms with Crippen molar-refractivity contribution in [3.63, 3.8) is 0 Å². The van der Waals surface area contributed by atoms with E-state index in [0.29, 0.717) is 12.4 Å². The average Bonchev–Trinajstić information content (AvgIpc) is 2.63. The molecule has 0 unspecified atom stereocenters. The van der Waals surface area contributed by atoms with Crippen LogP contribution in [0.3, 0.4) is 0 Å². The molecule has 17 heavy (non-hydrogen) atoms. The van der Waals surface area contributed by atoms with E-state index >= 15 is 0 Å². The zero-order valence-electron chi connectivity index (χ0n) is 9.22. The first kappa shape index (κ1) is 12.2. The van der Waals surface area contributed by atoms with E-state index in [0.717, 1.165) is 4.47 Å². The summed E-state index contributed by atoms with van der Waals surface area (Å²) in [4.78, 5) is 3.87. The van der Waals surface area contributed by atoms with E-state index in [-0.39, 0.29) is 0 Å². The predicted octanol–water partition coefficient (Wildman–Crippen LogP) is 3.74. The van der Waals surface area contributed by atoms with Crippen LogP contribution in [0.25, 0.3) is 0 Å². The Morgan fingerprint density at radius 3 is 2.76 bits per heavy atom. The maximum atomic E-state index is 4.56. The summed E-state index contributed by atoms with van der Waals surface area (Å²) in [5, 5.41) is 6.60. The van der Waals surface area contributed by atoms with Crippen molar-refractivity contribution in [2.24, 2.45) is 4.99 Å². The molecular weight excluding hydrogens is 298 g/mol. The highest BCUT2D eigenvalue weighted by Crippen LogP contribution is 2.22. The Morgan fingerprint density at radius 1 is 1.41 bits per heavy atom. The van der Waals surface area contributed by atoms with Crippen molar-refractivity contribution < 1.29 is 0 Å². The van der Waals surface area contributed by atoms with Gasteiger partial charge in [0, 0.05) is 6.20 Å². The summed E-state index contributed by atoms with van der Waals surface area (Å²) in [5.41, 5.74) is 2.45. The zero-order valence-corrected chi connectivity index (χ0v) is 11.6. The minimum Gasteiger partial charge on any atom is -0.265 e. The van der Waals surface area contributed by atoms with E-state index in [1.807, 2.05) is 10.9 Å². The number of benzene rings is 1. The van der Waals surface area contributed by atoms with E-state index in [2.05, 4.69) is 74.6 Å². The highest BCUT2D eigenvalue weighted by atomic mass is 79.9. The summed E-state index contributed by atoms with van der Waals surface area (Å²) in [6.07, 6.45) is 1.88. The molecule has 1 heterocycles. The van der Waals surface area contributed by atoms with Gasteiger partial charge in [-0.15, -0.1) is 0 Å². The van der Waals surface area contributed by atoms with E-state index in [1.54, 1.807) is 0 Å². The quantitative estimate of drug-likeness (QED) is 0.639. The van der Waals surface area contributed by atoms with E-state index in [9.17, 15) is 0 Å². The molecule has 1 aromatic carbocycles. The average molecular weight is 308 g/mol. The molecule has 86 valence electrons. The predicted molar refractivity (Wildman–Crippen MR) is 74.9 cm³/mol. The van der Waals surface area contributed by atoms with Gasteiger partial charge >= 0.3 is 0 Å². The van der Waals surface area contributed by atoms with Crippen molar-refractivity contribution in [2.45, 2.75) is 13.5 Å². The van der Waals surface area contributed by atoms with Gasteiger partial charge in [-0.25, -0.2) is 0 Å². The van der Waals surface area contributed by atoms with Crippen LogP contribution >= 0.6 is 28.1 Å². The van der Waals surface area contributed by atoms with Gasteiger partial charge in [-0.05, 0) is 40.6 Å². The normalized spacial score (nSPS) is 10.0. The molecule has 0 N–H and O–H groups in total. The van der Waals surface area contributed by atoms with Crippen LogP contribution in [0, 0.1) is 6.92 Å². The number of nitrogens with zero attached hydrogens (tertiary/aromatic N) is 3. The van der Waals surface area contributed by atoms with Gasteiger partial charge in [0.15, 0.2) is 5.82 Å². The molecule has 0 aliphatic carbocycles. The van der Waals surface area contributed by atoms with Crippen molar-refractivity contribution in [3.8, 4) is 0 Å². The monoisotopic (exact) mass is 307 g/mol. The van der Waals surface area contributed by atoms with E-state index in [4.69, 9.17) is 0 Å². The highest BCUT2D eigenvalue weighted by Gasteiger charge is 2.05. The summed E-state index contributed by atoms with van der Waals surface area (Å²) in [6.45, 7) is 2.78. The number of aryl methyl sites for hydroxylation is 1. The zero-order chi connectivity index (χ0) is 12.3. The van der Waals surface area contributed by atoms with Gasteiger partial charge in [-0.1, -0.05) is 29.8 Å². The fourth-order valence-electron chi connectivity index (χ4n) is 1.47. The molecule has 1 aromatic heterocycles. The third kappa shape index (κ3) is 3.09. The molecule has 0 radical (unpaired) electrons. The maximum absolute atomic E-state index is 4.56. The molecule has 5 heteroatoms. The molecule has 2 rings (SSSR count). The van der Waals surface area contributed by atoms with Crippen LogP contribution in [0.4, 0.5) is 5.82 Å². The highest BCUT2D eigenvalue weighted by molar-refractivity contribution is 9.10. The number of thiocarbonyl (C=S) groups is 1. The SMILES string of the molecule is Cc1ccc(Cn2cc(Br)c(N=C=S)n2)cc1. The number of halogens is 1. The van der Waals surface area contributed by atoms with Gasteiger partial charge in [0.25, 0.3) is 0 Å². The first-order valence-electron chi connectivity index (χ1n) is 5.05. The molecule has 0 bridgehead atoms. The van der Waals surface area contributed by atoms with E-state index < -0.39 is 0 Å². The summed E-state index contributed by atoms with van der Waals surface area (Å²) in [7, 11) is 0. The molecule has 0 saturated carbocycles. The van der Waals surface area contributed by atoms with Gasteiger partial charge < -0.3 is 0 Å². The molecular formula is C12H10BrN3S. The third-order valence-corrected chi connectivity index (χ3v) is 2.97. The summed E-state index contributed by atoms with van der Waals surface area (Å²) in [5.74, 6) is 0.562. The fraction of sp³-hybridized carbons (Fsp3) is 0.167. The standard InChI is InChI=1S/C12H10BrN3S/c1-9-2-4-10(5-3-9)6-16-7-11(13)12(15-16)14-8-17/h2-5,7H,6H2,1H3. The van der Waals surface area contributed by atoms with Crippen LogP contribution in [0.2, 0.25) is 0 Å². The number of hydrogen-bond donors (Lipinski definition) is 0. The lowest BCUT2D eigenvalue weighted by atomic mass is 10.1. The Kier molecular flexibility index (Phi) is 3.84. The molecule has 0 spiro atoms. The number of hydrogen-bond acceptors (Lipinski definition) is 3. The lowest BCUT2D eigenvalue weighted by Crippen LogP contribution is -1.99. The van der Waals surface area contributed by atoms with Crippen LogP contribution in [-0.2, 0) is 6.54 Å². The second-order valence-electron chi connectivity index (χ2n) is 3.69. The summed E-state index contributed by atoms with van der Waals surface area (Å²) in [6, 6.07) is 8.36. The lowest BCUT2D eigenvalue weighted by molar-refractivity contribution is 0.688. The Bertz CT molecular complexity index is 568. The first-order valence-corrected chi connectivity index (χ1v) is 6.25. The van der Waals surface area contributed by atoms with Crippen LogP contribution in [-0.4, -0.2) is 14.9 Å². The summed E-state index contributed by atoms with van der Waals surface area (Å²) >= 11 is 7.94. The lowest BCUT2D eigenvalue weighted by Gasteiger charge is -2.01. The van der Waals surface area contributed by atoms with Gasteiger partial charge in [-0.3, -0.25) is 4.68 Å². The Balaban J connectivity index is 2.21. The molecule has 0 aliphatic rings. The fourth-order valence-corrected chi connectivity index (χ4v) is 1.96. The van der Waals surface area contributed by atoms with Crippen LogP contribution in [0.1, 0.15) is 11.1 Å². The van der Waals surface area contributed by atoms with Crippen molar-refractivity contribution in [2.75, 3.05) is 0 Å². The largest absolute Gasteiger partial charge is 0.265 e. The molecule has 0 saturated heterocycles. The molecule has 0 atom stereocenters. The molecule has 0 amide bonds. The molecule has 0 aliphatic heterocycles. The molecule has 3 nitrogen and oxygen atoms in total. The smallest absolute Gasteiger partial charge is 0.198 e. The number of rotatable bonds is 3. The Labute approximate surface area is 113 Å². The minimum absolute atomic E-state index is 0.562. The van der Waals surface area contributed by atoms with Gasteiger partial charge in [0.2, 0.25) is 0 Å². The topological polar surface area (TPSA) is 30.2 Å². The van der Waals surface area contributed by atoms with Gasteiger partial charge in [0.1, 0.15) is 0 Å². The first-order chi connectivity index (χ1) is 8.19. The second kappa shape index (κ2) is 5.36. The summed E-state index contributed by atoms with van der Waals surface area (Å²) < 4.78 is 2.64. The number of aliphatic imine (C=N–C) groups is 1. The Morgan fingerprint density at radius 2 is 2.12 bits per heavy atom. The van der Waals surface area contributed by atoms with Crippen molar-refractivity contribution >= 4 is 39.1 Å². The van der Waals surface area contributed by atoms with Crippen LogP contribution in [0.15, 0.2) is 39.9 Å². The number of aromatic nitrogens is 2. The van der Waals surface area contributed by atoms with Gasteiger partial charge in [-0.2, -0.15) is 10.1 Å². The van der Waals surface area contributed by atoms with E-state index in [1.165, 1.54) is 11.1 Å². The number of isothiocyanates is 1. The van der Waals surface area contributed by atoms with Crippen molar-refractivity contribution in [3.05, 3.63) is 46.1 Å². The maximum Gasteiger partial charge on any atom is 0.198 e. The van der Waals surface area contributed by atoms with Crippen LogP contribution < -0.4 is 0 Å². The van der Waals surface area contributed by atoms with Gasteiger partial charge in [0.05, 0.1) is 16.2 Å². The van der Waals surface area contributed by atoms with Crippen molar-refractivity contribution in [1.82, 2.24) is 9.78 Å². The molecule has 2 aromatic rings. The Hall–Kier alpha value is -1.29. The van der Waals surface area contributed by atoms with Crippen molar-refractivity contribution in [1.29, 1.82) is 0 Å². The minimum atomic E-state index is 0.562. The van der Waals surface area contributed by atoms with Crippen LogP contribution in [0.5, 0.6) is 0 Å². The second-order valence-corrected chi connectivity index (χ2v) is 4.72.